The lowest BCUT2D eigenvalue weighted by atomic mass is 10.1. The van der Waals surface area contributed by atoms with Gasteiger partial charge in [0.25, 0.3) is 0 Å². The van der Waals surface area contributed by atoms with Crippen molar-refractivity contribution in [3.63, 3.8) is 0 Å². The smallest absolute Gasteiger partial charge is 0.238 e. The van der Waals surface area contributed by atoms with Gasteiger partial charge in [-0.1, -0.05) is 5.16 Å². The number of hydrogen-bond donors (Lipinski definition) is 0. The van der Waals surface area contributed by atoms with Gasteiger partial charge >= 0.3 is 0 Å². The van der Waals surface area contributed by atoms with Crippen molar-refractivity contribution < 1.29 is 18.8 Å². The number of nitrogens with zero attached hydrogens (tertiary/aromatic N) is 2. The first-order chi connectivity index (χ1) is 10.2. The Morgan fingerprint density at radius 3 is 2.52 bits per heavy atom. The van der Waals surface area contributed by atoms with Crippen LogP contribution in [0.2, 0.25) is 0 Å². The fourth-order valence-electron chi connectivity index (χ4n) is 2.11. The third kappa shape index (κ3) is 2.73. The van der Waals surface area contributed by atoms with Crippen molar-refractivity contribution in [2.24, 2.45) is 0 Å². The largest absolute Gasteiger partial charge is 0.497 e. The molecule has 1 aliphatic rings. The van der Waals surface area contributed by atoms with E-state index in [4.69, 9.17) is 14.0 Å². The van der Waals surface area contributed by atoms with Gasteiger partial charge in [-0.05, 0) is 12.1 Å². The molecule has 0 radical (unpaired) electrons. The highest BCUT2D eigenvalue weighted by atomic mass is 32.2. The van der Waals surface area contributed by atoms with Crippen LogP contribution in [0.1, 0.15) is 11.8 Å². The van der Waals surface area contributed by atoms with E-state index in [2.05, 4.69) is 10.1 Å². The summed E-state index contributed by atoms with van der Waals surface area (Å²) in [5.74, 6) is 3.14. The first-order valence-electron chi connectivity index (χ1n) is 6.38. The molecular weight excluding hydrogens is 292 g/mol. The Bertz CT molecular complexity index is 648. The Morgan fingerprint density at radius 2 is 1.95 bits per heavy atom. The minimum Gasteiger partial charge on any atom is -0.497 e. The number of carbonyl (C=O) groups excluding carboxylic acids is 1. The second kappa shape index (κ2) is 5.77. The van der Waals surface area contributed by atoms with Crippen molar-refractivity contribution in [2.75, 3.05) is 25.7 Å². The van der Waals surface area contributed by atoms with Gasteiger partial charge in [-0.25, -0.2) is 0 Å². The SMILES string of the molecule is COc1cc(OC)cc(-c2noc(C3CSCC3=O)n2)c1. The molecule has 0 bridgehead atoms. The van der Waals surface area contributed by atoms with E-state index in [0.29, 0.717) is 34.7 Å². The molecule has 3 rings (SSSR count). The monoisotopic (exact) mass is 306 g/mol. The van der Waals surface area contributed by atoms with Gasteiger partial charge in [0, 0.05) is 17.4 Å². The molecule has 1 atom stereocenters. The topological polar surface area (TPSA) is 74.5 Å². The number of carbonyl (C=O) groups is 1. The van der Waals surface area contributed by atoms with Gasteiger partial charge in [-0.15, -0.1) is 0 Å². The molecule has 110 valence electrons. The molecule has 0 saturated carbocycles. The fourth-order valence-corrected chi connectivity index (χ4v) is 3.19. The molecule has 1 aromatic heterocycles. The molecule has 1 saturated heterocycles. The minimum absolute atomic E-state index is 0.137. The zero-order valence-corrected chi connectivity index (χ0v) is 12.5. The number of rotatable bonds is 4. The molecule has 0 spiro atoms. The van der Waals surface area contributed by atoms with E-state index in [1.54, 1.807) is 44.2 Å². The molecular formula is C14H14N2O4S. The van der Waals surface area contributed by atoms with Crippen molar-refractivity contribution in [1.82, 2.24) is 10.1 Å². The van der Waals surface area contributed by atoms with E-state index in [1.807, 2.05) is 0 Å². The lowest BCUT2D eigenvalue weighted by Crippen LogP contribution is -2.09. The van der Waals surface area contributed by atoms with E-state index in [0.717, 1.165) is 5.56 Å². The van der Waals surface area contributed by atoms with Crippen molar-refractivity contribution in [1.29, 1.82) is 0 Å². The summed E-state index contributed by atoms with van der Waals surface area (Å²) in [7, 11) is 3.16. The van der Waals surface area contributed by atoms with Crippen molar-refractivity contribution in [3.8, 4) is 22.9 Å². The number of ketones is 1. The minimum atomic E-state index is -0.288. The zero-order chi connectivity index (χ0) is 14.8. The summed E-state index contributed by atoms with van der Waals surface area (Å²) in [6.45, 7) is 0. The van der Waals surface area contributed by atoms with Gasteiger partial charge < -0.3 is 14.0 Å². The van der Waals surface area contributed by atoms with Gasteiger partial charge in [0.05, 0.1) is 20.0 Å². The summed E-state index contributed by atoms with van der Waals surface area (Å²) in [6.07, 6.45) is 0. The van der Waals surface area contributed by atoms with Crippen molar-refractivity contribution in [2.45, 2.75) is 5.92 Å². The number of thioether (sulfide) groups is 1. The molecule has 1 aliphatic heterocycles. The Hall–Kier alpha value is -2.02. The van der Waals surface area contributed by atoms with E-state index in [1.165, 1.54) is 0 Å². The molecule has 0 amide bonds. The van der Waals surface area contributed by atoms with Crippen LogP contribution in [-0.2, 0) is 4.79 Å². The number of aromatic nitrogens is 2. The van der Waals surface area contributed by atoms with Crippen LogP contribution in [0.15, 0.2) is 22.7 Å². The summed E-state index contributed by atoms with van der Waals surface area (Å²) >= 11 is 1.59. The lowest BCUT2D eigenvalue weighted by molar-refractivity contribution is -0.117. The maximum atomic E-state index is 11.7. The van der Waals surface area contributed by atoms with Crippen LogP contribution in [0.3, 0.4) is 0 Å². The summed E-state index contributed by atoms with van der Waals surface area (Å²) in [4.78, 5) is 16.1. The second-order valence-electron chi connectivity index (χ2n) is 4.59. The van der Waals surface area contributed by atoms with Crippen LogP contribution < -0.4 is 9.47 Å². The normalized spacial score (nSPS) is 18.0. The number of benzene rings is 1. The molecule has 21 heavy (non-hydrogen) atoms. The number of hydrogen-bond acceptors (Lipinski definition) is 7. The summed E-state index contributed by atoms with van der Waals surface area (Å²) in [5.41, 5.74) is 0.722. The van der Waals surface area contributed by atoms with Crippen LogP contribution in [0.4, 0.5) is 0 Å². The summed E-state index contributed by atoms with van der Waals surface area (Å²) < 4.78 is 15.7. The molecule has 1 aromatic carbocycles. The third-order valence-corrected chi connectivity index (χ3v) is 4.32. The van der Waals surface area contributed by atoms with Crippen LogP contribution >= 0.6 is 11.8 Å². The number of ether oxygens (including phenoxy) is 2. The van der Waals surface area contributed by atoms with E-state index in [-0.39, 0.29) is 11.7 Å². The van der Waals surface area contributed by atoms with Gasteiger partial charge in [0.2, 0.25) is 11.7 Å². The maximum Gasteiger partial charge on any atom is 0.238 e. The predicted molar refractivity (Wildman–Crippen MR) is 77.9 cm³/mol. The predicted octanol–water partition coefficient (Wildman–Crippen LogP) is 2.15. The standard InChI is InChI=1S/C14H14N2O4S/c1-18-9-3-8(4-10(5-9)19-2)13-15-14(20-16-13)11-6-21-7-12(11)17/h3-5,11H,6-7H2,1-2H3. The quantitative estimate of drug-likeness (QED) is 0.856. The average molecular weight is 306 g/mol. The molecule has 0 N–H and O–H groups in total. The second-order valence-corrected chi connectivity index (χ2v) is 5.62. The van der Waals surface area contributed by atoms with Crippen LogP contribution in [0.5, 0.6) is 11.5 Å². The molecule has 2 heterocycles. The van der Waals surface area contributed by atoms with Crippen molar-refractivity contribution >= 4 is 17.5 Å². The first-order valence-corrected chi connectivity index (χ1v) is 7.54. The van der Waals surface area contributed by atoms with E-state index < -0.39 is 0 Å². The first kappa shape index (κ1) is 13.9. The maximum absolute atomic E-state index is 11.7. The van der Waals surface area contributed by atoms with Crippen LogP contribution in [0.25, 0.3) is 11.4 Å². The highest BCUT2D eigenvalue weighted by Crippen LogP contribution is 2.32. The Labute approximate surface area is 125 Å². The van der Waals surface area contributed by atoms with Gasteiger partial charge in [0.15, 0.2) is 5.78 Å². The van der Waals surface area contributed by atoms with Gasteiger partial charge in [-0.3, -0.25) is 4.79 Å². The van der Waals surface area contributed by atoms with Gasteiger partial charge in [-0.2, -0.15) is 16.7 Å². The number of methoxy groups -OCH3 is 2. The summed E-state index contributed by atoms with van der Waals surface area (Å²) in [5, 5.41) is 3.96. The van der Waals surface area contributed by atoms with E-state index in [9.17, 15) is 4.79 Å². The fraction of sp³-hybridized carbons (Fsp3) is 0.357. The molecule has 1 unspecified atom stereocenters. The zero-order valence-electron chi connectivity index (χ0n) is 11.7. The molecule has 7 heteroatoms. The van der Waals surface area contributed by atoms with E-state index >= 15 is 0 Å². The van der Waals surface area contributed by atoms with Crippen LogP contribution in [0, 0.1) is 0 Å². The number of Topliss-reactive ketones (excluding diaryl/α,β-unsaturated/α-hetero) is 1. The molecule has 2 aromatic rings. The Kier molecular flexibility index (Phi) is 3.83. The van der Waals surface area contributed by atoms with Crippen LogP contribution in [-0.4, -0.2) is 41.6 Å². The highest BCUT2D eigenvalue weighted by Gasteiger charge is 2.31. The van der Waals surface area contributed by atoms with Gasteiger partial charge in [0.1, 0.15) is 17.4 Å². The molecule has 1 fully saturated rings. The average Bonchev–Trinajstić information content (AvgIpc) is 3.15. The Balaban J connectivity index is 1.94. The highest BCUT2D eigenvalue weighted by molar-refractivity contribution is 8.00. The third-order valence-electron chi connectivity index (χ3n) is 3.27. The summed E-state index contributed by atoms with van der Waals surface area (Å²) in [6, 6.07) is 5.35. The lowest BCUT2D eigenvalue weighted by Gasteiger charge is -2.05. The molecule has 6 nitrogen and oxygen atoms in total. The molecule has 0 aliphatic carbocycles. The Morgan fingerprint density at radius 1 is 1.24 bits per heavy atom. The van der Waals surface area contributed by atoms with Crippen molar-refractivity contribution in [3.05, 3.63) is 24.1 Å².